The number of ether oxygens (including phenoxy) is 3. The lowest BCUT2D eigenvalue weighted by molar-refractivity contribution is -0.167. The van der Waals surface area contributed by atoms with Crippen LogP contribution in [0.3, 0.4) is 0 Å². The van der Waals surface area contributed by atoms with Crippen molar-refractivity contribution in [2.45, 2.75) is 213 Å². The number of rotatable bonds is 47. The molecule has 0 aliphatic carbocycles. The second-order valence-corrected chi connectivity index (χ2v) is 17.4. The van der Waals surface area contributed by atoms with Crippen LogP contribution in [0.1, 0.15) is 207 Å². The maximum Gasteiger partial charge on any atom is 0.306 e. The Kier molecular flexibility index (Phi) is 52.6. The third kappa shape index (κ3) is 54.0. The summed E-state index contributed by atoms with van der Waals surface area (Å²) in [5.41, 5.74) is 0. The first-order valence-electron chi connectivity index (χ1n) is 27.5. The highest BCUT2D eigenvalue weighted by Crippen LogP contribution is 2.11. The summed E-state index contributed by atoms with van der Waals surface area (Å²) in [4.78, 5) is 38.1. The summed E-state index contributed by atoms with van der Waals surface area (Å²) in [5, 5.41) is 0. The summed E-state index contributed by atoms with van der Waals surface area (Å²) in [7, 11) is 0. The molecule has 0 saturated heterocycles. The summed E-state index contributed by atoms with van der Waals surface area (Å²) in [6.45, 7) is 6.26. The van der Waals surface area contributed by atoms with Crippen LogP contribution in [0.2, 0.25) is 0 Å². The minimum absolute atomic E-state index is 0.137. The van der Waals surface area contributed by atoms with E-state index in [2.05, 4.69) is 179 Å². The molecule has 6 heteroatoms. The van der Waals surface area contributed by atoms with Crippen molar-refractivity contribution in [2.75, 3.05) is 13.2 Å². The molecule has 0 fully saturated rings. The zero-order chi connectivity index (χ0) is 50.7. The standard InChI is InChI=1S/C64H98O6/c1-4-7-10-13-16-19-22-25-28-31-34-36-39-42-45-48-51-54-57-63(66)69-60-61(70-64(67)58-55-52-49-46-43-40-37-33-30-27-24-21-18-15-12-9-6-3)59-68-62(65)56-53-50-47-44-41-38-35-32-29-26-23-20-17-14-11-8-5-2/h8-9,11-12,17-18,20-22,25-31,34-38,40,44,46-47,49,61H,4-7,10,13-16,19,23-24,32-33,39,41-43,45,48,50-60H2,1-3H3/b11-8-,12-9-,20-17-,21-18-,25-22-,29-26-,30-27-,31-28-,36-34-,38-35-,40-37-,47-44-,49-46-. The van der Waals surface area contributed by atoms with Gasteiger partial charge in [0.05, 0.1) is 0 Å². The van der Waals surface area contributed by atoms with Crippen molar-refractivity contribution in [3.8, 4) is 0 Å². The highest BCUT2D eigenvalue weighted by Gasteiger charge is 2.19. The SMILES string of the molecule is CC/C=C\C/C=C\C/C=C\C/C=C\C/C=C\CCCC(=O)OCC(COC(=O)CCCCCCC\C=C/C=C\C=C/CCCCCCC)OC(=O)CCC/C=C\C/C=C\C/C=C\C/C=C\C/C=C\CC. The normalized spacial score (nSPS) is 13.4. The Labute approximate surface area is 429 Å². The number of hydrogen-bond donors (Lipinski definition) is 0. The van der Waals surface area contributed by atoms with Gasteiger partial charge in [-0.15, -0.1) is 0 Å². The number of esters is 3. The van der Waals surface area contributed by atoms with Gasteiger partial charge in [-0.05, 0) is 122 Å². The molecule has 0 aromatic rings. The van der Waals surface area contributed by atoms with Crippen molar-refractivity contribution in [1.82, 2.24) is 0 Å². The molecule has 6 nitrogen and oxygen atoms in total. The first kappa shape index (κ1) is 65.0. The van der Waals surface area contributed by atoms with Crippen LogP contribution < -0.4 is 0 Å². The van der Waals surface area contributed by atoms with Crippen molar-refractivity contribution in [3.63, 3.8) is 0 Å². The number of unbranched alkanes of at least 4 members (excludes halogenated alkanes) is 12. The zero-order valence-corrected chi connectivity index (χ0v) is 44.5. The molecule has 0 aromatic heterocycles. The lowest BCUT2D eigenvalue weighted by atomic mass is 10.1. The zero-order valence-electron chi connectivity index (χ0n) is 44.5. The molecular weight excluding hydrogens is 865 g/mol. The number of hydrogen-bond acceptors (Lipinski definition) is 6. The van der Waals surface area contributed by atoms with Crippen LogP contribution >= 0.6 is 0 Å². The lowest BCUT2D eigenvalue weighted by Crippen LogP contribution is -2.30. The maximum atomic E-state index is 12.8. The molecule has 0 N–H and O–H groups in total. The largest absolute Gasteiger partial charge is 0.462 e. The molecule has 390 valence electrons. The van der Waals surface area contributed by atoms with E-state index in [-0.39, 0.29) is 38.0 Å². The lowest BCUT2D eigenvalue weighted by Gasteiger charge is -2.18. The molecule has 1 atom stereocenters. The van der Waals surface area contributed by atoms with Gasteiger partial charge in [0.1, 0.15) is 13.2 Å². The predicted octanol–water partition coefficient (Wildman–Crippen LogP) is 18.6. The van der Waals surface area contributed by atoms with E-state index in [1.165, 1.54) is 32.1 Å². The van der Waals surface area contributed by atoms with Crippen molar-refractivity contribution in [3.05, 3.63) is 158 Å². The molecule has 0 aliphatic rings. The Morgan fingerprint density at radius 1 is 0.314 bits per heavy atom. The average Bonchev–Trinajstić information content (AvgIpc) is 3.36. The van der Waals surface area contributed by atoms with Gasteiger partial charge in [-0.1, -0.05) is 224 Å². The second-order valence-electron chi connectivity index (χ2n) is 17.4. The van der Waals surface area contributed by atoms with Gasteiger partial charge in [-0.3, -0.25) is 14.4 Å². The summed E-state index contributed by atoms with van der Waals surface area (Å²) in [6.07, 6.45) is 82.4. The fourth-order valence-corrected chi connectivity index (χ4v) is 6.75. The van der Waals surface area contributed by atoms with Crippen LogP contribution in [-0.4, -0.2) is 37.2 Å². The third-order valence-corrected chi connectivity index (χ3v) is 10.8. The molecule has 0 saturated carbocycles. The Balaban J connectivity index is 4.64. The summed E-state index contributed by atoms with van der Waals surface area (Å²) >= 11 is 0. The van der Waals surface area contributed by atoms with Gasteiger partial charge in [0.25, 0.3) is 0 Å². The van der Waals surface area contributed by atoms with Gasteiger partial charge in [-0.2, -0.15) is 0 Å². The summed E-state index contributed by atoms with van der Waals surface area (Å²) < 4.78 is 16.7. The van der Waals surface area contributed by atoms with Crippen LogP contribution in [0.5, 0.6) is 0 Å². The molecule has 70 heavy (non-hydrogen) atoms. The Hall–Kier alpha value is -4.97. The van der Waals surface area contributed by atoms with E-state index >= 15 is 0 Å². The van der Waals surface area contributed by atoms with Gasteiger partial charge in [0, 0.05) is 19.3 Å². The van der Waals surface area contributed by atoms with Gasteiger partial charge in [0.2, 0.25) is 0 Å². The quantitative estimate of drug-likeness (QED) is 0.0199. The van der Waals surface area contributed by atoms with Gasteiger partial charge in [-0.25, -0.2) is 0 Å². The number of carbonyl (C=O) groups is 3. The number of allylic oxidation sites excluding steroid dienone is 26. The van der Waals surface area contributed by atoms with E-state index in [4.69, 9.17) is 14.2 Å². The fraction of sp³-hybridized carbons (Fsp3) is 0.547. The molecule has 0 aliphatic heterocycles. The Bertz CT molecular complexity index is 1620. The van der Waals surface area contributed by atoms with Crippen LogP contribution in [0, 0.1) is 0 Å². The first-order chi connectivity index (χ1) is 34.5. The highest BCUT2D eigenvalue weighted by molar-refractivity contribution is 5.71. The Morgan fingerprint density at radius 2 is 0.629 bits per heavy atom. The minimum Gasteiger partial charge on any atom is -0.462 e. The monoisotopic (exact) mass is 963 g/mol. The van der Waals surface area contributed by atoms with Gasteiger partial charge >= 0.3 is 17.9 Å². The average molecular weight is 963 g/mol. The third-order valence-electron chi connectivity index (χ3n) is 10.8. The van der Waals surface area contributed by atoms with E-state index < -0.39 is 12.1 Å². The Morgan fingerprint density at radius 3 is 1.03 bits per heavy atom. The molecule has 0 aromatic carbocycles. The van der Waals surface area contributed by atoms with Crippen molar-refractivity contribution in [1.29, 1.82) is 0 Å². The minimum atomic E-state index is -0.848. The van der Waals surface area contributed by atoms with E-state index in [1.807, 2.05) is 0 Å². The molecular formula is C64H98O6. The molecule has 0 amide bonds. The van der Waals surface area contributed by atoms with Crippen LogP contribution in [0.4, 0.5) is 0 Å². The van der Waals surface area contributed by atoms with E-state index in [0.29, 0.717) is 19.3 Å². The van der Waals surface area contributed by atoms with Crippen molar-refractivity contribution in [2.24, 2.45) is 0 Å². The van der Waals surface area contributed by atoms with Gasteiger partial charge < -0.3 is 14.2 Å². The molecule has 0 heterocycles. The second kappa shape index (κ2) is 56.6. The highest BCUT2D eigenvalue weighted by atomic mass is 16.6. The van der Waals surface area contributed by atoms with Crippen LogP contribution in [-0.2, 0) is 28.6 Å². The number of carbonyl (C=O) groups excluding carboxylic acids is 3. The topological polar surface area (TPSA) is 78.9 Å². The van der Waals surface area contributed by atoms with E-state index in [9.17, 15) is 14.4 Å². The predicted molar refractivity (Wildman–Crippen MR) is 302 cm³/mol. The van der Waals surface area contributed by atoms with Crippen molar-refractivity contribution >= 4 is 17.9 Å². The summed E-state index contributed by atoms with van der Waals surface area (Å²) in [6, 6.07) is 0. The van der Waals surface area contributed by atoms with Crippen molar-refractivity contribution < 1.29 is 28.6 Å². The smallest absolute Gasteiger partial charge is 0.306 e. The molecule has 0 rings (SSSR count). The van der Waals surface area contributed by atoms with Crippen LogP contribution in [0.25, 0.3) is 0 Å². The van der Waals surface area contributed by atoms with E-state index in [0.717, 1.165) is 122 Å². The van der Waals surface area contributed by atoms with Crippen LogP contribution in [0.15, 0.2) is 158 Å². The summed E-state index contributed by atoms with van der Waals surface area (Å²) in [5.74, 6) is -1.09. The molecule has 1 unspecified atom stereocenters. The fourth-order valence-electron chi connectivity index (χ4n) is 6.75. The molecule has 0 bridgehead atoms. The molecule has 0 spiro atoms. The first-order valence-corrected chi connectivity index (χ1v) is 27.5. The van der Waals surface area contributed by atoms with E-state index in [1.54, 1.807) is 0 Å². The molecule has 0 radical (unpaired) electrons. The maximum absolute atomic E-state index is 12.8. The van der Waals surface area contributed by atoms with Gasteiger partial charge in [0.15, 0.2) is 6.10 Å².